The normalized spacial score (nSPS) is 14.3. The van der Waals surface area contributed by atoms with Crippen molar-refractivity contribution >= 4 is 39.1 Å². The highest BCUT2D eigenvalue weighted by atomic mass is 16.2. The van der Waals surface area contributed by atoms with Gasteiger partial charge >= 0.3 is 6.03 Å². The fourth-order valence-electron chi connectivity index (χ4n) is 3.90. The van der Waals surface area contributed by atoms with Crippen LogP contribution in [0.4, 0.5) is 16.2 Å². The first-order valence-electron chi connectivity index (χ1n) is 9.77. The SMILES string of the molecule is O=C(Nc1cc2ccncc2c2ncccc12)N1CCN(c2ccccc2)CC1. The van der Waals surface area contributed by atoms with Crippen LogP contribution in [0.5, 0.6) is 0 Å². The fraction of sp³-hybridized carbons (Fsp3) is 0.174. The standard InChI is InChI=1S/C23H21N5O/c29-23(28-13-11-27(12-14-28)18-5-2-1-3-6-18)26-21-15-17-8-10-24-16-20(17)22-19(21)7-4-9-25-22/h1-10,15-16H,11-14H2,(H,26,29). The summed E-state index contributed by atoms with van der Waals surface area (Å²) in [6.45, 7) is 3.02. The second-order valence-electron chi connectivity index (χ2n) is 7.16. The lowest BCUT2D eigenvalue weighted by atomic mass is 10.1. The van der Waals surface area contributed by atoms with Crippen molar-refractivity contribution in [2.75, 3.05) is 36.4 Å². The third kappa shape index (κ3) is 3.33. The molecule has 0 unspecified atom stereocenters. The van der Waals surface area contributed by atoms with Gasteiger partial charge in [0.15, 0.2) is 0 Å². The van der Waals surface area contributed by atoms with Crippen LogP contribution < -0.4 is 10.2 Å². The first kappa shape index (κ1) is 17.4. The van der Waals surface area contributed by atoms with Crippen LogP contribution in [0.3, 0.4) is 0 Å². The van der Waals surface area contributed by atoms with Crippen molar-refractivity contribution in [3.63, 3.8) is 0 Å². The molecule has 1 saturated heterocycles. The Kier molecular flexibility index (Phi) is 4.44. The maximum atomic E-state index is 13.0. The monoisotopic (exact) mass is 383 g/mol. The number of anilines is 2. The predicted octanol–water partition coefficient (Wildman–Crippen LogP) is 4.14. The molecular formula is C23H21N5O. The molecule has 4 aromatic rings. The second-order valence-corrected chi connectivity index (χ2v) is 7.16. The molecule has 1 N–H and O–H groups in total. The Labute approximate surface area is 168 Å². The van der Waals surface area contributed by atoms with Crippen molar-refractivity contribution in [2.45, 2.75) is 0 Å². The van der Waals surface area contributed by atoms with Gasteiger partial charge in [-0.3, -0.25) is 9.97 Å². The molecule has 0 aliphatic carbocycles. The number of carbonyl (C=O) groups is 1. The Bertz CT molecular complexity index is 1170. The smallest absolute Gasteiger partial charge is 0.321 e. The van der Waals surface area contributed by atoms with E-state index >= 15 is 0 Å². The topological polar surface area (TPSA) is 61.4 Å². The molecule has 0 spiro atoms. The quantitative estimate of drug-likeness (QED) is 0.529. The number of carbonyl (C=O) groups excluding carboxylic acids is 1. The van der Waals surface area contributed by atoms with Crippen molar-refractivity contribution in [2.24, 2.45) is 0 Å². The van der Waals surface area contributed by atoms with E-state index < -0.39 is 0 Å². The van der Waals surface area contributed by atoms with Gasteiger partial charge in [-0.15, -0.1) is 0 Å². The van der Waals surface area contributed by atoms with Gasteiger partial charge in [0.2, 0.25) is 0 Å². The molecule has 0 saturated carbocycles. The van der Waals surface area contributed by atoms with Gasteiger partial charge in [-0.2, -0.15) is 0 Å². The number of amides is 2. The van der Waals surface area contributed by atoms with Crippen molar-refractivity contribution in [1.29, 1.82) is 0 Å². The highest BCUT2D eigenvalue weighted by Gasteiger charge is 2.22. The second kappa shape index (κ2) is 7.39. The number of nitrogens with one attached hydrogen (secondary N) is 1. The zero-order valence-corrected chi connectivity index (χ0v) is 16.0. The molecule has 2 aromatic carbocycles. The van der Waals surface area contributed by atoms with Crippen molar-refractivity contribution in [3.8, 4) is 0 Å². The van der Waals surface area contributed by atoms with Gasteiger partial charge in [-0.25, -0.2) is 4.79 Å². The summed E-state index contributed by atoms with van der Waals surface area (Å²) < 4.78 is 0. The highest BCUT2D eigenvalue weighted by molar-refractivity contribution is 6.13. The van der Waals surface area contributed by atoms with Crippen LogP contribution in [0.15, 0.2) is 73.2 Å². The van der Waals surface area contributed by atoms with Gasteiger partial charge in [0.05, 0.1) is 11.2 Å². The molecule has 1 aliphatic heterocycles. The molecular weight excluding hydrogens is 362 g/mol. The maximum absolute atomic E-state index is 13.0. The van der Waals surface area contributed by atoms with E-state index in [-0.39, 0.29) is 6.03 Å². The van der Waals surface area contributed by atoms with E-state index in [1.54, 1.807) is 12.4 Å². The number of urea groups is 1. The molecule has 6 nitrogen and oxygen atoms in total. The Balaban J connectivity index is 1.36. The molecule has 144 valence electrons. The first-order chi connectivity index (χ1) is 14.3. The van der Waals surface area contributed by atoms with E-state index in [4.69, 9.17) is 0 Å². The Morgan fingerprint density at radius 3 is 2.55 bits per heavy atom. The lowest BCUT2D eigenvalue weighted by Crippen LogP contribution is -2.50. The summed E-state index contributed by atoms with van der Waals surface area (Å²) in [5, 5.41) is 6.02. The zero-order chi connectivity index (χ0) is 19.6. The van der Waals surface area contributed by atoms with Crippen molar-refractivity contribution in [3.05, 3.63) is 73.2 Å². The third-order valence-electron chi connectivity index (χ3n) is 5.44. The van der Waals surface area contributed by atoms with E-state index in [2.05, 4.69) is 32.3 Å². The third-order valence-corrected chi connectivity index (χ3v) is 5.44. The Hall–Kier alpha value is -3.67. The summed E-state index contributed by atoms with van der Waals surface area (Å²) in [4.78, 5) is 25.9. The largest absolute Gasteiger partial charge is 0.368 e. The fourth-order valence-corrected chi connectivity index (χ4v) is 3.90. The summed E-state index contributed by atoms with van der Waals surface area (Å²) >= 11 is 0. The van der Waals surface area contributed by atoms with E-state index in [0.717, 1.165) is 40.5 Å². The number of fused-ring (bicyclic) bond motifs is 3. The van der Waals surface area contributed by atoms with Crippen LogP contribution in [0, 0.1) is 0 Å². The number of para-hydroxylation sites is 1. The van der Waals surface area contributed by atoms with E-state index in [9.17, 15) is 4.79 Å². The molecule has 2 aromatic heterocycles. The summed E-state index contributed by atoms with van der Waals surface area (Å²) in [7, 11) is 0. The molecule has 29 heavy (non-hydrogen) atoms. The minimum absolute atomic E-state index is 0.0729. The summed E-state index contributed by atoms with van der Waals surface area (Å²) in [6, 6.07) is 18.1. The molecule has 1 fully saturated rings. The number of benzene rings is 2. The van der Waals surface area contributed by atoms with Crippen LogP contribution in [0.2, 0.25) is 0 Å². The van der Waals surface area contributed by atoms with Crippen LogP contribution in [0.25, 0.3) is 21.7 Å². The number of pyridine rings is 2. The average Bonchev–Trinajstić information content (AvgIpc) is 2.80. The van der Waals surface area contributed by atoms with Crippen LogP contribution in [0.1, 0.15) is 0 Å². The number of rotatable bonds is 2. The number of hydrogen-bond acceptors (Lipinski definition) is 4. The molecule has 2 amide bonds. The molecule has 6 heteroatoms. The van der Waals surface area contributed by atoms with Crippen molar-refractivity contribution in [1.82, 2.24) is 14.9 Å². The van der Waals surface area contributed by atoms with Gasteiger partial charge in [-0.1, -0.05) is 18.2 Å². The van der Waals surface area contributed by atoms with Gasteiger partial charge in [-0.05, 0) is 41.8 Å². The molecule has 1 aliphatic rings. The van der Waals surface area contributed by atoms with Gasteiger partial charge in [0.25, 0.3) is 0 Å². The number of piperazine rings is 1. The minimum Gasteiger partial charge on any atom is -0.368 e. The molecule has 0 bridgehead atoms. The number of aromatic nitrogens is 2. The molecule has 3 heterocycles. The molecule has 5 rings (SSSR count). The Morgan fingerprint density at radius 1 is 0.897 bits per heavy atom. The Morgan fingerprint density at radius 2 is 1.72 bits per heavy atom. The van der Waals surface area contributed by atoms with E-state index in [0.29, 0.717) is 13.1 Å². The van der Waals surface area contributed by atoms with Crippen LogP contribution >= 0.6 is 0 Å². The van der Waals surface area contributed by atoms with Crippen LogP contribution in [-0.2, 0) is 0 Å². The summed E-state index contributed by atoms with van der Waals surface area (Å²) in [5.41, 5.74) is 2.83. The predicted molar refractivity (Wildman–Crippen MR) is 116 cm³/mol. The lowest BCUT2D eigenvalue weighted by molar-refractivity contribution is 0.208. The van der Waals surface area contributed by atoms with Crippen molar-refractivity contribution < 1.29 is 4.79 Å². The molecule has 0 atom stereocenters. The number of nitrogens with zero attached hydrogens (tertiary/aromatic N) is 4. The van der Waals surface area contributed by atoms with E-state index in [1.807, 2.05) is 53.6 Å². The van der Waals surface area contributed by atoms with Gasteiger partial charge < -0.3 is 15.1 Å². The van der Waals surface area contributed by atoms with E-state index in [1.165, 1.54) is 5.69 Å². The zero-order valence-electron chi connectivity index (χ0n) is 16.0. The minimum atomic E-state index is -0.0729. The summed E-state index contributed by atoms with van der Waals surface area (Å²) in [5.74, 6) is 0. The van der Waals surface area contributed by atoms with Crippen LogP contribution in [-0.4, -0.2) is 47.1 Å². The number of hydrogen-bond donors (Lipinski definition) is 1. The lowest BCUT2D eigenvalue weighted by Gasteiger charge is -2.36. The average molecular weight is 383 g/mol. The highest BCUT2D eigenvalue weighted by Crippen LogP contribution is 2.30. The first-order valence-corrected chi connectivity index (χ1v) is 9.77. The molecule has 0 radical (unpaired) electrons. The van der Waals surface area contributed by atoms with Gasteiger partial charge in [0, 0.05) is 61.2 Å². The summed E-state index contributed by atoms with van der Waals surface area (Å²) in [6.07, 6.45) is 5.34. The van der Waals surface area contributed by atoms with Gasteiger partial charge in [0.1, 0.15) is 0 Å². The maximum Gasteiger partial charge on any atom is 0.321 e.